The Morgan fingerprint density at radius 2 is 0.729 bits per heavy atom. The number of aliphatic carboxylic acids is 4. The molecule has 0 heterocycles. The maximum absolute atomic E-state index is 12.5. The zero-order valence-corrected chi connectivity index (χ0v) is 35.2. The van der Waals surface area contributed by atoms with Crippen molar-refractivity contribution < 1.29 is 63.6 Å². The molecule has 0 saturated carbocycles. The number of Topliss-reactive ketones (excluding diaryl/α,β-unsaturated/α-hetero) is 1. The standard InChI is InChI=1S/C41H71N5O13/c1-29(47)30(42-2)19-17-18-28-43-34(48)25-22-31(39(54)55)45-36(50)27-24-33(41(58)59)46-37(51)26-23-32(40(56)57)44-35(49)20-15-13-11-9-7-5-3-4-6-8-10-12-14-16-21-38(52)53/h30-33,42H,3-28H2,1-2H3,(H,43,48)(H,44,49)(H,45,50)(H,46,51)(H,52,53)(H,54,55)(H,56,57)(H,58,59)/t30-,31?,32-,33-/m0/s1. The second-order valence-corrected chi connectivity index (χ2v) is 15.1. The van der Waals surface area contributed by atoms with Gasteiger partial charge in [-0.05, 0) is 65.3 Å². The first-order chi connectivity index (χ1) is 28.1. The monoisotopic (exact) mass is 842 g/mol. The van der Waals surface area contributed by atoms with Gasteiger partial charge in [-0.15, -0.1) is 0 Å². The van der Waals surface area contributed by atoms with Crippen molar-refractivity contribution in [2.45, 2.75) is 192 Å². The minimum Gasteiger partial charge on any atom is -0.481 e. The molecule has 0 bridgehead atoms. The second kappa shape index (κ2) is 34.3. The Hall–Kier alpha value is -4.61. The van der Waals surface area contributed by atoms with E-state index in [9.17, 15) is 58.5 Å². The van der Waals surface area contributed by atoms with Gasteiger partial charge in [0, 0.05) is 38.6 Å². The summed E-state index contributed by atoms with van der Waals surface area (Å²) in [7, 11) is 1.69. The van der Waals surface area contributed by atoms with Gasteiger partial charge in [-0.2, -0.15) is 0 Å². The van der Waals surface area contributed by atoms with Crippen molar-refractivity contribution in [2.24, 2.45) is 0 Å². The third-order valence-corrected chi connectivity index (χ3v) is 10.0. The lowest BCUT2D eigenvalue weighted by Gasteiger charge is -2.18. The number of carbonyl (C=O) groups excluding carboxylic acids is 5. The molecular formula is C41H71N5O13. The Balaban J connectivity index is 4.37. The van der Waals surface area contributed by atoms with Crippen molar-refractivity contribution in [3.8, 4) is 0 Å². The molecule has 0 radical (unpaired) electrons. The summed E-state index contributed by atoms with van der Waals surface area (Å²) >= 11 is 0. The Kier molecular flexibility index (Phi) is 31.6. The van der Waals surface area contributed by atoms with Crippen molar-refractivity contribution in [1.82, 2.24) is 26.6 Å². The van der Waals surface area contributed by atoms with Gasteiger partial charge in [0.2, 0.25) is 23.6 Å². The quantitative estimate of drug-likeness (QED) is 0.0398. The summed E-state index contributed by atoms with van der Waals surface area (Å²) in [4.78, 5) is 107. The lowest BCUT2D eigenvalue weighted by atomic mass is 10.0. The molecule has 0 aliphatic heterocycles. The predicted octanol–water partition coefficient (Wildman–Crippen LogP) is 3.82. The number of nitrogens with one attached hydrogen (secondary N) is 5. The van der Waals surface area contributed by atoms with Crippen LogP contribution in [-0.2, 0) is 43.2 Å². The van der Waals surface area contributed by atoms with Crippen LogP contribution >= 0.6 is 0 Å². The van der Waals surface area contributed by atoms with E-state index in [2.05, 4.69) is 26.6 Å². The zero-order valence-electron chi connectivity index (χ0n) is 35.2. The minimum atomic E-state index is -1.53. The molecule has 59 heavy (non-hydrogen) atoms. The zero-order chi connectivity index (χ0) is 44.4. The van der Waals surface area contributed by atoms with Crippen molar-refractivity contribution in [2.75, 3.05) is 13.6 Å². The Bertz CT molecular complexity index is 1310. The van der Waals surface area contributed by atoms with Crippen LogP contribution in [0.5, 0.6) is 0 Å². The normalized spacial score (nSPS) is 13.0. The molecule has 4 atom stereocenters. The summed E-state index contributed by atoms with van der Waals surface area (Å²) in [5, 5.41) is 49.8. The van der Waals surface area contributed by atoms with Crippen molar-refractivity contribution in [3.63, 3.8) is 0 Å². The molecule has 0 aliphatic rings. The molecule has 4 amide bonds. The van der Waals surface area contributed by atoms with E-state index in [0.29, 0.717) is 32.2 Å². The number of hydrogen-bond acceptors (Lipinski definition) is 10. The SMILES string of the molecule is CN[C@@H](CCCCNC(=O)CCC(NC(=O)CC[C@H](NC(=O)CC[C@H](NC(=O)CCCCCCCCCCCCCCCCC(=O)O)C(=O)O)C(=O)O)C(=O)O)C(C)=O. The molecule has 0 aliphatic carbocycles. The van der Waals surface area contributed by atoms with Gasteiger partial charge in [0.15, 0.2) is 0 Å². The average Bonchev–Trinajstić information content (AvgIpc) is 3.17. The third-order valence-electron chi connectivity index (χ3n) is 10.0. The number of unbranched alkanes of at least 4 members (excludes halogenated alkanes) is 14. The van der Waals surface area contributed by atoms with Crippen LogP contribution < -0.4 is 26.6 Å². The maximum atomic E-state index is 12.5. The van der Waals surface area contributed by atoms with Crippen LogP contribution in [0.25, 0.3) is 0 Å². The highest BCUT2D eigenvalue weighted by atomic mass is 16.4. The van der Waals surface area contributed by atoms with E-state index >= 15 is 0 Å². The van der Waals surface area contributed by atoms with Crippen molar-refractivity contribution >= 4 is 53.3 Å². The van der Waals surface area contributed by atoms with Crippen LogP contribution in [0.2, 0.25) is 0 Å². The largest absolute Gasteiger partial charge is 0.481 e. The van der Waals surface area contributed by atoms with Gasteiger partial charge < -0.3 is 47.0 Å². The van der Waals surface area contributed by atoms with Gasteiger partial charge in [-0.25, -0.2) is 14.4 Å². The number of likely N-dealkylation sites (N-methyl/N-ethyl adjacent to an activating group) is 1. The summed E-state index contributed by atoms with van der Waals surface area (Å²) in [6.07, 6.45) is 14.7. The summed E-state index contributed by atoms with van der Waals surface area (Å²) < 4.78 is 0. The number of amides is 4. The van der Waals surface area contributed by atoms with Crippen LogP contribution in [0.15, 0.2) is 0 Å². The van der Waals surface area contributed by atoms with Gasteiger partial charge in [0.1, 0.15) is 23.9 Å². The van der Waals surface area contributed by atoms with Crippen LogP contribution in [0.4, 0.5) is 0 Å². The van der Waals surface area contributed by atoms with Gasteiger partial charge in [0.25, 0.3) is 0 Å². The van der Waals surface area contributed by atoms with E-state index in [1.54, 1.807) is 7.05 Å². The molecule has 0 aromatic rings. The molecular weight excluding hydrogens is 770 g/mol. The van der Waals surface area contributed by atoms with Crippen LogP contribution in [0, 0.1) is 0 Å². The first-order valence-electron chi connectivity index (χ1n) is 21.3. The topological polar surface area (TPSA) is 295 Å². The first kappa shape index (κ1) is 54.4. The highest BCUT2D eigenvalue weighted by Crippen LogP contribution is 2.14. The van der Waals surface area contributed by atoms with E-state index < -0.39 is 84.9 Å². The minimum absolute atomic E-state index is 0.0185. The molecule has 9 N–H and O–H groups in total. The van der Waals surface area contributed by atoms with Crippen molar-refractivity contribution in [1.29, 1.82) is 0 Å². The van der Waals surface area contributed by atoms with Gasteiger partial charge >= 0.3 is 23.9 Å². The van der Waals surface area contributed by atoms with E-state index in [0.717, 1.165) is 57.8 Å². The lowest BCUT2D eigenvalue weighted by Crippen LogP contribution is -2.45. The van der Waals surface area contributed by atoms with E-state index in [4.69, 9.17) is 5.11 Å². The van der Waals surface area contributed by atoms with Crippen LogP contribution in [0.3, 0.4) is 0 Å². The summed E-state index contributed by atoms with van der Waals surface area (Å²) in [5.41, 5.74) is 0. The Labute approximate surface area is 348 Å². The number of carboxylic acid groups (broad SMARTS) is 4. The molecule has 0 aromatic carbocycles. The van der Waals surface area contributed by atoms with Gasteiger partial charge in [0.05, 0.1) is 6.04 Å². The Morgan fingerprint density at radius 1 is 0.390 bits per heavy atom. The van der Waals surface area contributed by atoms with Gasteiger partial charge in [-0.3, -0.25) is 28.8 Å². The molecule has 0 fully saturated rings. The number of hydrogen-bond donors (Lipinski definition) is 9. The molecule has 0 saturated heterocycles. The summed E-state index contributed by atoms with van der Waals surface area (Å²) in [6, 6.07) is -4.57. The molecule has 1 unspecified atom stereocenters. The average molecular weight is 842 g/mol. The maximum Gasteiger partial charge on any atom is 0.326 e. The number of carboxylic acids is 4. The fraction of sp³-hybridized carbons (Fsp3) is 0.780. The molecule has 18 nitrogen and oxygen atoms in total. The van der Waals surface area contributed by atoms with E-state index in [1.165, 1.54) is 32.6 Å². The highest BCUT2D eigenvalue weighted by molar-refractivity contribution is 5.87. The number of ketones is 1. The molecule has 0 spiro atoms. The molecule has 0 rings (SSSR count). The first-order valence-corrected chi connectivity index (χ1v) is 21.3. The smallest absolute Gasteiger partial charge is 0.326 e. The van der Waals surface area contributed by atoms with Gasteiger partial charge in [-0.1, -0.05) is 77.0 Å². The highest BCUT2D eigenvalue weighted by Gasteiger charge is 2.26. The fourth-order valence-corrected chi connectivity index (χ4v) is 6.42. The van der Waals surface area contributed by atoms with Crippen LogP contribution in [0.1, 0.15) is 167 Å². The van der Waals surface area contributed by atoms with Crippen LogP contribution in [-0.4, -0.2) is 111 Å². The Morgan fingerprint density at radius 3 is 1.07 bits per heavy atom. The van der Waals surface area contributed by atoms with E-state index in [-0.39, 0.29) is 43.9 Å². The van der Waals surface area contributed by atoms with Crippen molar-refractivity contribution in [3.05, 3.63) is 0 Å². The number of rotatable bonds is 39. The second-order valence-electron chi connectivity index (χ2n) is 15.1. The summed E-state index contributed by atoms with van der Waals surface area (Å²) in [6.45, 7) is 1.82. The predicted molar refractivity (Wildman–Crippen MR) is 218 cm³/mol. The summed E-state index contributed by atoms with van der Waals surface area (Å²) in [5.74, 6) is -7.41. The molecule has 18 heteroatoms. The molecule has 338 valence electrons. The fourth-order valence-electron chi connectivity index (χ4n) is 6.42. The number of carbonyl (C=O) groups is 9. The lowest BCUT2D eigenvalue weighted by molar-refractivity contribution is -0.144. The molecule has 0 aromatic heterocycles. The van der Waals surface area contributed by atoms with E-state index in [1.807, 2.05) is 0 Å². The third kappa shape index (κ3) is 31.0.